The summed E-state index contributed by atoms with van der Waals surface area (Å²) < 4.78 is 0. The Morgan fingerprint density at radius 3 is 2.81 bits per heavy atom. The van der Waals surface area contributed by atoms with Crippen LogP contribution >= 0.6 is 0 Å². The highest BCUT2D eigenvalue weighted by molar-refractivity contribution is 5.77. The summed E-state index contributed by atoms with van der Waals surface area (Å²) in [6.45, 7) is 8.90. The molecule has 2 saturated heterocycles. The second-order valence-electron chi connectivity index (χ2n) is 8.66. The number of nitrogens with zero attached hydrogens (tertiary/aromatic N) is 5. The molecule has 0 radical (unpaired) electrons. The zero-order chi connectivity index (χ0) is 19.4. The second kappa shape index (κ2) is 8.55. The van der Waals surface area contributed by atoms with E-state index in [1.165, 1.54) is 18.4 Å². The normalized spacial score (nSPS) is 23.5. The van der Waals surface area contributed by atoms with E-state index in [0.29, 0.717) is 12.3 Å². The Kier molecular flexibility index (Phi) is 6.35. The van der Waals surface area contributed by atoms with Crippen molar-refractivity contribution in [2.24, 2.45) is 5.41 Å². The van der Waals surface area contributed by atoms with Gasteiger partial charge in [0.2, 0.25) is 5.91 Å². The van der Waals surface area contributed by atoms with Gasteiger partial charge in [-0.15, -0.1) is 0 Å². The molecule has 0 N–H and O–H groups in total. The summed E-state index contributed by atoms with van der Waals surface area (Å²) in [6.07, 6.45) is 8.21. The highest BCUT2D eigenvalue weighted by Crippen LogP contribution is 2.40. The second-order valence-corrected chi connectivity index (χ2v) is 8.66. The van der Waals surface area contributed by atoms with Crippen LogP contribution in [0.3, 0.4) is 0 Å². The third kappa shape index (κ3) is 4.78. The predicted molar refractivity (Wildman–Crippen MR) is 109 cm³/mol. The molecule has 27 heavy (non-hydrogen) atoms. The molecule has 1 aromatic rings. The zero-order valence-electron chi connectivity index (χ0n) is 17.5. The Bertz CT molecular complexity index is 662. The van der Waals surface area contributed by atoms with Crippen molar-refractivity contribution in [3.63, 3.8) is 0 Å². The first-order valence-corrected chi connectivity index (χ1v) is 10.4. The van der Waals surface area contributed by atoms with E-state index in [2.05, 4.69) is 40.7 Å². The summed E-state index contributed by atoms with van der Waals surface area (Å²) in [7, 11) is 4.14. The van der Waals surface area contributed by atoms with Crippen molar-refractivity contribution in [1.29, 1.82) is 0 Å². The van der Waals surface area contributed by atoms with E-state index in [1.54, 1.807) is 0 Å². The molecule has 3 heterocycles. The van der Waals surface area contributed by atoms with Gasteiger partial charge in [0.25, 0.3) is 0 Å². The maximum atomic E-state index is 12.4. The molecule has 3 rings (SSSR count). The molecule has 2 aliphatic heterocycles. The molecule has 1 amide bonds. The molecule has 0 unspecified atom stereocenters. The zero-order valence-corrected chi connectivity index (χ0v) is 17.5. The van der Waals surface area contributed by atoms with Crippen LogP contribution in [-0.2, 0) is 11.2 Å². The van der Waals surface area contributed by atoms with Crippen LogP contribution in [0.1, 0.15) is 50.4 Å². The minimum absolute atomic E-state index is 0.209. The fourth-order valence-corrected chi connectivity index (χ4v) is 4.55. The number of likely N-dealkylation sites (tertiary alicyclic amines) is 1. The lowest BCUT2D eigenvalue weighted by Crippen LogP contribution is -2.55. The summed E-state index contributed by atoms with van der Waals surface area (Å²) in [5, 5.41) is 0. The van der Waals surface area contributed by atoms with Gasteiger partial charge in [-0.3, -0.25) is 4.79 Å². The van der Waals surface area contributed by atoms with Crippen molar-refractivity contribution in [1.82, 2.24) is 19.8 Å². The van der Waals surface area contributed by atoms with Crippen LogP contribution in [0.5, 0.6) is 0 Å². The SMILES string of the molecule is CCCc1cnc(C)nc1N1CCC[C@@]2(CCC(=O)N(CCN(C)C)C2)C1. The van der Waals surface area contributed by atoms with E-state index < -0.39 is 0 Å². The Morgan fingerprint density at radius 2 is 2.07 bits per heavy atom. The van der Waals surface area contributed by atoms with E-state index in [9.17, 15) is 4.79 Å². The Labute approximate surface area is 164 Å². The van der Waals surface area contributed by atoms with Crippen molar-refractivity contribution >= 4 is 11.7 Å². The van der Waals surface area contributed by atoms with Gasteiger partial charge in [-0.1, -0.05) is 13.3 Å². The molecule has 2 fully saturated rings. The Morgan fingerprint density at radius 1 is 1.26 bits per heavy atom. The summed E-state index contributed by atoms with van der Waals surface area (Å²) >= 11 is 0. The molecule has 150 valence electrons. The number of anilines is 1. The standard InChI is InChI=1S/C21H35N5O/c1-5-7-18-14-22-17(2)23-20(18)26-11-6-9-21(16-26)10-8-19(27)25(15-21)13-12-24(3)4/h14H,5-13,15-16H2,1-4H3/t21-/m0/s1. The number of likely N-dealkylation sites (N-methyl/N-ethyl adjacent to an activating group) is 1. The van der Waals surface area contributed by atoms with Crippen molar-refractivity contribution in [2.75, 3.05) is 51.7 Å². The predicted octanol–water partition coefficient (Wildman–Crippen LogP) is 2.51. The van der Waals surface area contributed by atoms with Gasteiger partial charge < -0.3 is 14.7 Å². The molecular weight excluding hydrogens is 338 g/mol. The lowest BCUT2D eigenvalue weighted by atomic mass is 9.73. The van der Waals surface area contributed by atoms with Crippen LogP contribution in [0.4, 0.5) is 5.82 Å². The van der Waals surface area contributed by atoms with Gasteiger partial charge in [-0.2, -0.15) is 0 Å². The lowest BCUT2D eigenvalue weighted by molar-refractivity contribution is -0.138. The van der Waals surface area contributed by atoms with Crippen LogP contribution in [0.15, 0.2) is 6.20 Å². The van der Waals surface area contributed by atoms with Crippen LogP contribution in [0.2, 0.25) is 0 Å². The van der Waals surface area contributed by atoms with Crippen molar-refractivity contribution in [3.05, 3.63) is 17.6 Å². The van der Waals surface area contributed by atoms with Gasteiger partial charge in [0.1, 0.15) is 11.6 Å². The van der Waals surface area contributed by atoms with Crippen LogP contribution < -0.4 is 4.90 Å². The number of rotatable bonds is 6. The fraction of sp³-hybridized carbons (Fsp3) is 0.762. The first-order chi connectivity index (χ1) is 12.9. The number of hydrogen-bond acceptors (Lipinski definition) is 5. The number of aryl methyl sites for hydroxylation is 2. The smallest absolute Gasteiger partial charge is 0.222 e. The largest absolute Gasteiger partial charge is 0.356 e. The van der Waals surface area contributed by atoms with Crippen molar-refractivity contribution in [3.8, 4) is 0 Å². The fourth-order valence-electron chi connectivity index (χ4n) is 4.55. The Hall–Kier alpha value is -1.69. The van der Waals surface area contributed by atoms with E-state index in [-0.39, 0.29) is 5.41 Å². The topological polar surface area (TPSA) is 52.6 Å². The summed E-state index contributed by atoms with van der Waals surface area (Å²) in [5.74, 6) is 2.29. The van der Waals surface area contributed by atoms with Gasteiger partial charge in [-0.05, 0) is 46.7 Å². The number of hydrogen-bond donors (Lipinski definition) is 0. The van der Waals surface area contributed by atoms with Gasteiger partial charge in [-0.25, -0.2) is 9.97 Å². The summed E-state index contributed by atoms with van der Waals surface area (Å²) in [4.78, 5) is 28.4. The highest BCUT2D eigenvalue weighted by atomic mass is 16.2. The average molecular weight is 374 g/mol. The number of aromatic nitrogens is 2. The maximum absolute atomic E-state index is 12.4. The van der Waals surface area contributed by atoms with Gasteiger partial charge in [0.15, 0.2) is 0 Å². The average Bonchev–Trinajstić information content (AvgIpc) is 2.64. The quantitative estimate of drug-likeness (QED) is 0.767. The molecule has 0 bridgehead atoms. The molecule has 1 atom stereocenters. The third-order valence-electron chi connectivity index (χ3n) is 6.01. The van der Waals surface area contributed by atoms with E-state index in [4.69, 9.17) is 4.98 Å². The minimum atomic E-state index is 0.209. The van der Waals surface area contributed by atoms with Crippen LogP contribution in [-0.4, -0.2) is 72.5 Å². The molecule has 6 heteroatoms. The Balaban J connectivity index is 1.77. The van der Waals surface area contributed by atoms with Crippen molar-refractivity contribution < 1.29 is 4.79 Å². The van der Waals surface area contributed by atoms with Crippen LogP contribution in [0, 0.1) is 12.3 Å². The molecule has 0 aliphatic carbocycles. The number of amides is 1. The molecule has 2 aliphatic rings. The van der Waals surface area contributed by atoms with E-state index in [1.807, 2.05) is 13.1 Å². The van der Waals surface area contributed by atoms with Gasteiger partial charge in [0.05, 0.1) is 0 Å². The van der Waals surface area contributed by atoms with Gasteiger partial charge in [0, 0.05) is 56.3 Å². The number of piperidine rings is 2. The van der Waals surface area contributed by atoms with Crippen LogP contribution in [0.25, 0.3) is 0 Å². The molecule has 0 aromatic carbocycles. The molecule has 6 nitrogen and oxygen atoms in total. The minimum Gasteiger partial charge on any atom is -0.356 e. The third-order valence-corrected chi connectivity index (χ3v) is 6.01. The first-order valence-electron chi connectivity index (χ1n) is 10.4. The molecular formula is C21H35N5O. The maximum Gasteiger partial charge on any atom is 0.222 e. The molecule has 0 saturated carbocycles. The number of carbonyl (C=O) groups excluding carboxylic acids is 1. The van der Waals surface area contributed by atoms with Crippen molar-refractivity contribution in [2.45, 2.75) is 52.4 Å². The molecule has 1 spiro atoms. The molecule has 1 aromatic heterocycles. The summed E-state index contributed by atoms with van der Waals surface area (Å²) in [6, 6.07) is 0. The van der Waals surface area contributed by atoms with Gasteiger partial charge >= 0.3 is 0 Å². The van der Waals surface area contributed by atoms with E-state index in [0.717, 1.165) is 63.6 Å². The lowest BCUT2D eigenvalue weighted by Gasteiger charge is -2.49. The monoisotopic (exact) mass is 373 g/mol. The number of carbonyl (C=O) groups is 1. The first kappa shape index (κ1) is 20.1. The summed E-state index contributed by atoms with van der Waals surface area (Å²) in [5.41, 5.74) is 1.47. The highest BCUT2D eigenvalue weighted by Gasteiger charge is 2.42. The van der Waals surface area contributed by atoms with E-state index >= 15 is 0 Å².